The lowest BCUT2D eigenvalue weighted by atomic mass is 10.1. The molecule has 3 nitrogen and oxygen atoms in total. The molecule has 3 N–H and O–H groups in total. The van der Waals surface area contributed by atoms with Crippen LogP contribution >= 0.6 is 0 Å². The Labute approximate surface area is 80.6 Å². The molecule has 0 aromatic carbocycles. The molecule has 0 bridgehead atoms. The first kappa shape index (κ1) is 11.0. The molecule has 2 atom stereocenters. The molecule has 0 saturated carbocycles. The first-order valence-electron chi connectivity index (χ1n) is 4.20. The SMILES string of the molecule is CC(N)C(O)c1ccc(C(F)F)nc1. The Bertz CT molecular complexity index is 287. The zero-order chi connectivity index (χ0) is 10.7. The average Bonchev–Trinajstić information content (AvgIpc) is 2.16. The second-order valence-corrected chi connectivity index (χ2v) is 3.12. The van der Waals surface area contributed by atoms with Crippen LogP contribution in [0.5, 0.6) is 0 Å². The van der Waals surface area contributed by atoms with Crippen LogP contribution in [0.2, 0.25) is 0 Å². The Balaban J connectivity index is 2.83. The van der Waals surface area contributed by atoms with Gasteiger partial charge in [-0.2, -0.15) is 0 Å². The standard InChI is InChI=1S/C9H12F2N2O/c1-5(12)8(14)6-2-3-7(9(10)11)13-4-6/h2-5,8-9,14H,12H2,1H3. The van der Waals surface area contributed by atoms with Crippen molar-refractivity contribution in [3.63, 3.8) is 0 Å². The lowest BCUT2D eigenvalue weighted by Crippen LogP contribution is -2.24. The summed E-state index contributed by atoms with van der Waals surface area (Å²) in [6, 6.07) is 2.14. The molecule has 78 valence electrons. The summed E-state index contributed by atoms with van der Waals surface area (Å²) in [5, 5.41) is 9.47. The lowest BCUT2D eigenvalue weighted by molar-refractivity contribution is 0.143. The van der Waals surface area contributed by atoms with E-state index in [1.165, 1.54) is 18.3 Å². The number of rotatable bonds is 3. The molecule has 5 heteroatoms. The van der Waals surface area contributed by atoms with Crippen molar-refractivity contribution in [2.75, 3.05) is 0 Å². The van der Waals surface area contributed by atoms with Gasteiger partial charge in [-0.05, 0) is 13.0 Å². The van der Waals surface area contributed by atoms with Crippen LogP contribution in [0.25, 0.3) is 0 Å². The highest BCUT2D eigenvalue weighted by Gasteiger charge is 2.14. The molecule has 0 fully saturated rings. The molecule has 0 saturated heterocycles. The van der Waals surface area contributed by atoms with Crippen molar-refractivity contribution in [2.45, 2.75) is 25.5 Å². The van der Waals surface area contributed by atoms with E-state index < -0.39 is 18.6 Å². The maximum atomic E-state index is 12.1. The molecule has 0 radical (unpaired) electrons. The fourth-order valence-electron chi connectivity index (χ4n) is 1.02. The zero-order valence-corrected chi connectivity index (χ0v) is 7.69. The normalized spacial score (nSPS) is 15.6. The quantitative estimate of drug-likeness (QED) is 0.778. The van der Waals surface area contributed by atoms with E-state index in [1.807, 2.05) is 0 Å². The largest absolute Gasteiger partial charge is 0.387 e. The fourth-order valence-corrected chi connectivity index (χ4v) is 1.02. The van der Waals surface area contributed by atoms with E-state index >= 15 is 0 Å². The monoisotopic (exact) mass is 202 g/mol. The molecule has 1 aromatic heterocycles. The molecule has 0 aliphatic rings. The molecule has 0 spiro atoms. The van der Waals surface area contributed by atoms with Crippen molar-refractivity contribution in [1.82, 2.24) is 4.98 Å². The van der Waals surface area contributed by atoms with Gasteiger partial charge in [-0.25, -0.2) is 8.78 Å². The van der Waals surface area contributed by atoms with Crippen molar-refractivity contribution >= 4 is 0 Å². The van der Waals surface area contributed by atoms with E-state index in [4.69, 9.17) is 5.73 Å². The van der Waals surface area contributed by atoms with Crippen LogP contribution in [0.3, 0.4) is 0 Å². The Morgan fingerprint density at radius 3 is 2.43 bits per heavy atom. The number of aromatic nitrogens is 1. The molecule has 1 rings (SSSR count). The summed E-state index contributed by atoms with van der Waals surface area (Å²) in [6.45, 7) is 1.63. The Kier molecular flexibility index (Phi) is 3.49. The first-order valence-corrected chi connectivity index (χ1v) is 4.20. The zero-order valence-electron chi connectivity index (χ0n) is 7.69. The number of nitrogens with two attached hydrogens (primary N) is 1. The minimum atomic E-state index is -2.59. The number of pyridine rings is 1. The summed E-state index contributed by atoms with van der Waals surface area (Å²) in [5.41, 5.74) is 5.59. The summed E-state index contributed by atoms with van der Waals surface area (Å²) in [5.74, 6) is 0. The average molecular weight is 202 g/mol. The molecule has 0 amide bonds. The fraction of sp³-hybridized carbons (Fsp3) is 0.444. The van der Waals surface area contributed by atoms with Crippen LogP contribution in [0.15, 0.2) is 18.3 Å². The molecule has 0 aliphatic carbocycles. The molecule has 2 unspecified atom stereocenters. The van der Waals surface area contributed by atoms with Crippen molar-refractivity contribution in [3.05, 3.63) is 29.6 Å². The van der Waals surface area contributed by atoms with Crippen molar-refractivity contribution in [3.8, 4) is 0 Å². The molecular weight excluding hydrogens is 190 g/mol. The molecule has 1 aromatic rings. The number of alkyl halides is 2. The van der Waals surface area contributed by atoms with Gasteiger partial charge in [-0.3, -0.25) is 4.98 Å². The third-order valence-electron chi connectivity index (χ3n) is 1.87. The van der Waals surface area contributed by atoms with E-state index in [2.05, 4.69) is 4.98 Å². The lowest BCUT2D eigenvalue weighted by Gasteiger charge is -2.14. The highest BCUT2D eigenvalue weighted by Crippen LogP contribution is 2.19. The summed E-state index contributed by atoms with van der Waals surface area (Å²) >= 11 is 0. The van der Waals surface area contributed by atoms with Gasteiger partial charge in [-0.15, -0.1) is 0 Å². The Morgan fingerprint density at radius 2 is 2.07 bits per heavy atom. The number of hydrogen-bond donors (Lipinski definition) is 2. The molecule has 14 heavy (non-hydrogen) atoms. The summed E-state index contributed by atoms with van der Waals surface area (Å²) in [4.78, 5) is 3.52. The minimum absolute atomic E-state index is 0.300. The maximum absolute atomic E-state index is 12.1. The topological polar surface area (TPSA) is 59.1 Å². The van der Waals surface area contributed by atoms with Crippen LogP contribution in [0.1, 0.15) is 30.7 Å². The molecule has 0 aliphatic heterocycles. The van der Waals surface area contributed by atoms with Gasteiger partial charge in [-0.1, -0.05) is 6.07 Å². The van der Waals surface area contributed by atoms with Crippen LogP contribution in [0, 0.1) is 0 Å². The first-order chi connectivity index (χ1) is 6.52. The summed E-state index contributed by atoms with van der Waals surface area (Å²) < 4.78 is 24.2. The maximum Gasteiger partial charge on any atom is 0.280 e. The molecule has 1 heterocycles. The smallest absolute Gasteiger partial charge is 0.280 e. The van der Waals surface area contributed by atoms with Gasteiger partial charge in [0, 0.05) is 17.8 Å². The van der Waals surface area contributed by atoms with Crippen LogP contribution < -0.4 is 5.73 Å². The van der Waals surface area contributed by atoms with E-state index in [1.54, 1.807) is 6.92 Å². The third-order valence-corrected chi connectivity index (χ3v) is 1.87. The third kappa shape index (κ3) is 2.46. The van der Waals surface area contributed by atoms with Gasteiger partial charge < -0.3 is 10.8 Å². The second kappa shape index (κ2) is 4.43. The number of aliphatic hydroxyl groups excluding tert-OH is 1. The van der Waals surface area contributed by atoms with Crippen molar-refractivity contribution in [1.29, 1.82) is 0 Å². The molecular formula is C9H12F2N2O. The summed E-state index contributed by atoms with van der Waals surface area (Å²) in [6.07, 6.45) is -2.24. The highest BCUT2D eigenvalue weighted by molar-refractivity contribution is 5.18. The number of hydrogen-bond acceptors (Lipinski definition) is 3. The van der Waals surface area contributed by atoms with E-state index in [0.29, 0.717) is 5.56 Å². The van der Waals surface area contributed by atoms with Gasteiger partial charge in [0.25, 0.3) is 6.43 Å². The van der Waals surface area contributed by atoms with Crippen molar-refractivity contribution < 1.29 is 13.9 Å². The Morgan fingerprint density at radius 1 is 1.43 bits per heavy atom. The second-order valence-electron chi connectivity index (χ2n) is 3.12. The van der Waals surface area contributed by atoms with E-state index in [0.717, 1.165) is 0 Å². The van der Waals surface area contributed by atoms with Crippen LogP contribution in [0.4, 0.5) is 8.78 Å². The van der Waals surface area contributed by atoms with Crippen molar-refractivity contribution in [2.24, 2.45) is 5.73 Å². The number of nitrogens with zero attached hydrogens (tertiary/aromatic N) is 1. The van der Waals surface area contributed by atoms with E-state index in [-0.39, 0.29) is 5.69 Å². The van der Waals surface area contributed by atoms with E-state index in [9.17, 15) is 13.9 Å². The van der Waals surface area contributed by atoms with Gasteiger partial charge in [0.2, 0.25) is 0 Å². The number of halogens is 2. The van der Waals surface area contributed by atoms with Gasteiger partial charge >= 0.3 is 0 Å². The summed E-state index contributed by atoms with van der Waals surface area (Å²) in [7, 11) is 0. The van der Waals surface area contributed by atoms with Gasteiger partial charge in [0.05, 0.1) is 6.10 Å². The Hall–Kier alpha value is -1.07. The van der Waals surface area contributed by atoms with Gasteiger partial charge in [0.1, 0.15) is 5.69 Å². The van der Waals surface area contributed by atoms with Crippen LogP contribution in [-0.2, 0) is 0 Å². The highest BCUT2D eigenvalue weighted by atomic mass is 19.3. The van der Waals surface area contributed by atoms with Gasteiger partial charge in [0.15, 0.2) is 0 Å². The minimum Gasteiger partial charge on any atom is -0.387 e. The predicted octanol–water partition coefficient (Wildman–Crippen LogP) is 1.40. The number of aliphatic hydroxyl groups is 1. The predicted molar refractivity (Wildman–Crippen MR) is 47.8 cm³/mol. The van der Waals surface area contributed by atoms with Crippen LogP contribution in [-0.4, -0.2) is 16.1 Å².